The molecule has 0 aliphatic heterocycles. The minimum atomic E-state index is -4.43. The topological polar surface area (TPSA) is 39.6 Å². The van der Waals surface area contributed by atoms with E-state index < -0.39 is 22.8 Å². The third-order valence-corrected chi connectivity index (χ3v) is 5.53. The van der Waals surface area contributed by atoms with Crippen molar-refractivity contribution in [1.29, 1.82) is 5.26 Å². The first kappa shape index (κ1) is 20.9. The summed E-state index contributed by atoms with van der Waals surface area (Å²) in [6.45, 7) is 4.72. The molecule has 0 fully saturated rings. The van der Waals surface area contributed by atoms with Gasteiger partial charge in [0.15, 0.2) is 0 Å². The predicted octanol–water partition coefficient (Wildman–Crippen LogP) is 6.66. The van der Waals surface area contributed by atoms with E-state index in [0.717, 1.165) is 0 Å². The van der Waals surface area contributed by atoms with Gasteiger partial charge in [-0.1, -0.05) is 32.9 Å². The molecule has 152 valence electrons. The quantitative estimate of drug-likeness (QED) is 0.476. The molecule has 1 N–H and O–H groups in total. The van der Waals surface area contributed by atoms with Gasteiger partial charge in [-0.3, -0.25) is 0 Å². The summed E-state index contributed by atoms with van der Waals surface area (Å²) in [6, 6.07) is 14.3. The molecule has 2 nitrogen and oxygen atoms in total. The molecule has 29 heavy (non-hydrogen) atoms. The SMILES string of the molecule is CC(C)(CC(C)(Cc1cc2cc(C#N)ccc2[nH]1)C(F)(F)F)c1ccc(F)cc1. The van der Waals surface area contributed by atoms with Crippen LogP contribution in [0.15, 0.2) is 48.5 Å². The molecule has 0 spiro atoms. The van der Waals surface area contributed by atoms with Gasteiger partial charge in [0, 0.05) is 23.0 Å². The van der Waals surface area contributed by atoms with Gasteiger partial charge in [-0.05, 0) is 53.8 Å². The molecule has 0 bridgehead atoms. The number of alkyl halides is 3. The highest BCUT2D eigenvalue weighted by atomic mass is 19.4. The van der Waals surface area contributed by atoms with Crippen LogP contribution in [0.5, 0.6) is 0 Å². The van der Waals surface area contributed by atoms with Crippen molar-refractivity contribution in [3.8, 4) is 6.07 Å². The van der Waals surface area contributed by atoms with Gasteiger partial charge >= 0.3 is 6.18 Å². The van der Waals surface area contributed by atoms with Crippen molar-refractivity contribution in [2.75, 3.05) is 0 Å². The molecule has 6 heteroatoms. The van der Waals surface area contributed by atoms with Gasteiger partial charge in [0.25, 0.3) is 0 Å². The maximum Gasteiger partial charge on any atom is 0.394 e. The van der Waals surface area contributed by atoms with Crippen LogP contribution in [-0.2, 0) is 11.8 Å². The molecule has 1 atom stereocenters. The lowest BCUT2D eigenvalue weighted by atomic mass is 9.68. The van der Waals surface area contributed by atoms with E-state index >= 15 is 0 Å². The average Bonchev–Trinajstić information content (AvgIpc) is 3.01. The first-order valence-corrected chi connectivity index (χ1v) is 9.28. The van der Waals surface area contributed by atoms with Crippen molar-refractivity contribution in [2.45, 2.75) is 45.2 Å². The lowest BCUT2D eigenvalue weighted by Crippen LogP contribution is -2.42. The smallest absolute Gasteiger partial charge is 0.358 e. The second-order valence-corrected chi connectivity index (χ2v) is 8.51. The standard InChI is InChI=1S/C23H22F4N2/c1-21(2,17-5-7-18(24)8-6-17)14-22(3,23(25,26)27)12-19-11-16-10-15(13-28)4-9-20(16)29-19/h4-11,29H,12,14H2,1-3H3. The summed E-state index contributed by atoms with van der Waals surface area (Å²) in [4.78, 5) is 3.05. The van der Waals surface area contributed by atoms with Crippen LogP contribution in [0.2, 0.25) is 0 Å². The normalized spacial score (nSPS) is 14.6. The highest BCUT2D eigenvalue weighted by Gasteiger charge is 2.53. The highest BCUT2D eigenvalue weighted by Crippen LogP contribution is 2.49. The van der Waals surface area contributed by atoms with Crippen LogP contribution in [0, 0.1) is 22.6 Å². The summed E-state index contributed by atoms with van der Waals surface area (Å²) in [7, 11) is 0. The first-order chi connectivity index (χ1) is 13.4. The molecular formula is C23H22F4N2. The van der Waals surface area contributed by atoms with Crippen LogP contribution in [-0.4, -0.2) is 11.2 Å². The number of hydrogen-bond acceptors (Lipinski definition) is 1. The Bertz CT molecular complexity index is 1060. The minimum Gasteiger partial charge on any atom is -0.358 e. The van der Waals surface area contributed by atoms with Crippen molar-refractivity contribution in [3.05, 3.63) is 71.2 Å². The maximum atomic E-state index is 14.2. The molecule has 0 saturated heterocycles. The molecule has 3 aromatic rings. The summed E-state index contributed by atoms with van der Waals surface area (Å²) < 4.78 is 55.7. The van der Waals surface area contributed by atoms with E-state index in [-0.39, 0.29) is 12.8 Å². The molecule has 0 radical (unpaired) electrons. The predicted molar refractivity (Wildman–Crippen MR) is 105 cm³/mol. The van der Waals surface area contributed by atoms with Crippen molar-refractivity contribution in [1.82, 2.24) is 4.98 Å². The summed E-state index contributed by atoms with van der Waals surface area (Å²) in [5, 5.41) is 9.73. The zero-order valence-electron chi connectivity index (χ0n) is 16.5. The van der Waals surface area contributed by atoms with E-state index in [1.54, 1.807) is 50.2 Å². The van der Waals surface area contributed by atoms with E-state index in [1.807, 2.05) is 6.07 Å². The zero-order valence-corrected chi connectivity index (χ0v) is 16.5. The number of benzene rings is 2. The molecule has 2 aromatic carbocycles. The maximum absolute atomic E-state index is 14.2. The molecule has 1 aromatic heterocycles. The Balaban J connectivity index is 1.94. The molecule has 1 unspecified atom stereocenters. The summed E-state index contributed by atoms with van der Waals surface area (Å²) >= 11 is 0. The number of nitriles is 1. The Morgan fingerprint density at radius 1 is 0.966 bits per heavy atom. The van der Waals surface area contributed by atoms with Crippen LogP contribution < -0.4 is 0 Å². The Kier molecular flexibility index (Phi) is 5.20. The van der Waals surface area contributed by atoms with Crippen molar-refractivity contribution < 1.29 is 17.6 Å². The third-order valence-electron chi connectivity index (χ3n) is 5.53. The number of aromatic nitrogens is 1. The summed E-state index contributed by atoms with van der Waals surface area (Å²) in [6.07, 6.45) is -4.81. The number of halogens is 4. The molecule has 0 aliphatic carbocycles. The third kappa shape index (κ3) is 4.29. The lowest BCUT2D eigenvalue weighted by Gasteiger charge is -2.39. The summed E-state index contributed by atoms with van der Waals surface area (Å²) in [5.41, 5.74) is -0.531. The van der Waals surface area contributed by atoms with Gasteiger partial charge < -0.3 is 4.98 Å². The number of rotatable bonds is 5. The number of hydrogen-bond donors (Lipinski definition) is 1. The van der Waals surface area contributed by atoms with Crippen LogP contribution >= 0.6 is 0 Å². The van der Waals surface area contributed by atoms with Crippen LogP contribution in [0.25, 0.3) is 10.9 Å². The number of fused-ring (bicyclic) bond motifs is 1. The molecule has 0 saturated carbocycles. The van der Waals surface area contributed by atoms with E-state index in [1.165, 1.54) is 19.1 Å². The number of H-pyrrole nitrogens is 1. The van der Waals surface area contributed by atoms with Gasteiger partial charge in [-0.25, -0.2) is 4.39 Å². The second-order valence-electron chi connectivity index (χ2n) is 8.51. The van der Waals surface area contributed by atoms with E-state index in [0.29, 0.717) is 27.7 Å². The van der Waals surface area contributed by atoms with Gasteiger partial charge in [0.2, 0.25) is 0 Å². The second kappa shape index (κ2) is 7.22. The molecular weight excluding hydrogens is 380 g/mol. The minimum absolute atomic E-state index is 0.159. The summed E-state index contributed by atoms with van der Waals surface area (Å²) in [5.74, 6) is -0.419. The number of aromatic amines is 1. The monoisotopic (exact) mass is 402 g/mol. The fourth-order valence-electron chi connectivity index (χ4n) is 4.02. The van der Waals surface area contributed by atoms with E-state index in [2.05, 4.69) is 4.98 Å². The van der Waals surface area contributed by atoms with Crippen LogP contribution in [0.1, 0.15) is 44.0 Å². The highest BCUT2D eigenvalue weighted by molar-refractivity contribution is 5.81. The Morgan fingerprint density at radius 3 is 2.21 bits per heavy atom. The number of nitrogens with zero attached hydrogens (tertiary/aromatic N) is 1. The first-order valence-electron chi connectivity index (χ1n) is 9.28. The Hall–Kier alpha value is -2.81. The Morgan fingerprint density at radius 2 is 1.62 bits per heavy atom. The van der Waals surface area contributed by atoms with Crippen molar-refractivity contribution in [2.24, 2.45) is 5.41 Å². The van der Waals surface area contributed by atoms with Gasteiger partial charge in [0.1, 0.15) is 5.82 Å². The fraction of sp³-hybridized carbons (Fsp3) is 0.348. The molecule has 0 aliphatic rings. The van der Waals surface area contributed by atoms with Crippen molar-refractivity contribution >= 4 is 10.9 Å². The van der Waals surface area contributed by atoms with Gasteiger partial charge in [0.05, 0.1) is 17.0 Å². The van der Waals surface area contributed by atoms with E-state index in [4.69, 9.17) is 5.26 Å². The zero-order chi connectivity index (χ0) is 21.4. The largest absolute Gasteiger partial charge is 0.394 e. The fourth-order valence-corrected chi connectivity index (χ4v) is 4.02. The van der Waals surface area contributed by atoms with Crippen molar-refractivity contribution in [3.63, 3.8) is 0 Å². The van der Waals surface area contributed by atoms with Gasteiger partial charge in [-0.2, -0.15) is 18.4 Å². The lowest BCUT2D eigenvalue weighted by molar-refractivity contribution is -0.224. The van der Waals surface area contributed by atoms with Crippen LogP contribution in [0.4, 0.5) is 17.6 Å². The average molecular weight is 402 g/mol. The molecule has 1 heterocycles. The molecule has 0 amide bonds. The van der Waals surface area contributed by atoms with Gasteiger partial charge in [-0.15, -0.1) is 0 Å². The van der Waals surface area contributed by atoms with Crippen LogP contribution in [0.3, 0.4) is 0 Å². The Labute approximate surface area is 167 Å². The number of nitrogens with one attached hydrogen (secondary N) is 1. The molecule has 3 rings (SSSR count). The van der Waals surface area contributed by atoms with E-state index in [9.17, 15) is 17.6 Å².